The van der Waals surface area contributed by atoms with Crippen LogP contribution < -0.4 is 15.4 Å². The molecule has 0 saturated carbocycles. The number of benzene rings is 2. The molecule has 10 heteroatoms. The van der Waals surface area contributed by atoms with Crippen molar-refractivity contribution in [3.63, 3.8) is 0 Å². The van der Waals surface area contributed by atoms with Crippen molar-refractivity contribution in [2.75, 3.05) is 6.61 Å². The fraction of sp³-hybridized carbons (Fsp3) is 0.250. The number of nitro benzene ring substituents is 1. The van der Waals surface area contributed by atoms with Crippen LogP contribution in [0.3, 0.4) is 0 Å². The Morgan fingerprint density at radius 2 is 1.80 bits per heavy atom. The lowest BCUT2D eigenvalue weighted by atomic mass is 9.98. The first-order valence-corrected chi connectivity index (χ1v) is 9.08. The number of amides is 1. The first-order chi connectivity index (χ1) is 14.4. The summed E-state index contributed by atoms with van der Waals surface area (Å²) < 4.78 is 10.4. The molecule has 1 amide bonds. The van der Waals surface area contributed by atoms with E-state index in [1.54, 1.807) is 24.3 Å². The average molecular weight is 413 g/mol. The van der Waals surface area contributed by atoms with Gasteiger partial charge in [-0.2, -0.15) is 0 Å². The number of Topliss-reactive ketones (excluding diaryl/α,β-unsaturated/α-hetero) is 1. The normalized spacial score (nSPS) is 17.5. The Hall–Kier alpha value is -3.79. The molecule has 1 aliphatic rings. The number of nitrogens with one attached hydrogen (secondary N) is 2. The molecular formula is C20H19N3O7. The van der Waals surface area contributed by atoms with Crippen molar-refractivity contribution in [3.05, 3.63) is 70.3 Å². The number of ether oxygens (including phenoxy) is 2. The van der Waals surface area contributed by atoms with E-state index in [-0.39, 0.29) is 31.1 Å². The summed E-state index contributed by atoms with van der Waals surface area (Å²) in [6.45, 7) is -0.299. The van der Waals surface area contributed by atoms with Gasteiger partial charge in [0, 0.05) is 12.1 Å². The lowest BCUT2D eigenvalue weighted by molar-refractivity contribution is -0.384. The molecule has 1 saturated heterocycles. The van der Waals surface area contributed by atoms with Crippen LogP contribution in [-0.4, -0.2) is 41.4 Å². The monoisotopic (exact) mass is 413 g/mol. The molecular weight excluding hydrogens is 394 g/mol. The summed E-state index contributed by atoms with van der Waals surface area (Å²) >= 11 is 0. The molecule has 0 radical (unpaired) electrons. The molecule has 10 nitrogen and oxygen atoms in total. The van der Waals surface area contributed by atoms with Gasteiger partial charge >= 0.3 is 5.97 Å². The number of nitrogens with zero attached hydrogens (tertiary/aromatic N) is 1. The van der Waals surface area contributed by atoms with Gasteiger partial charge in [-0.15, -0.1) is 0 Å². The van der Waals surface area contributed by atoms with Crippen molar-refractivity contribution in [2.45, 2.75) is 25.2 Å². The van der Waals surface area contributed by atoms with Crippen LogP contribution in [0.4, 0.5) is 5.69 Å². The topological polar surface area (TPSA) is 137 Å². The molecule has 0 aromatic heterocycles. The van der Waals surface area contributed by atoms with E-state index in [0.717, 1.165) is 0 Å². The maximum atomic E-state index is 12.1. The number of carbonyl (C=O) groups excluding carboxylic acids is 3. The predicted octanol–water partition coefficient (Wildman–Crippen LogP) is 1.09. The van der Waals surface area contributed by atoms with Gasteiger partial charge in [-0.3, -0.25) is 29.8 Å². The van der Waals surface area contributed by atoms with Crippen LogP contribution in [0.2, 0.25) is 0 Å². The van der Waals surface area contributed by atoms with Crippen molar-refractivity contribution in [1.82, 2.24) is 10.6 Å². The number of ketones is 1. The first kappa shape index (κ1) is 20.9. The molecule has 1 fully saturated rings. The van der Waals surface area contributed by atoms with Gasteiger partial charge in [0.2, 0.25) is 0 Å². The van der Waals surface area contributed by atoms with E-state index >= 15 is 0 Å². The highest BCUT2D eigenvalue weighted by Gasteiger charge is 2.41. The molecule has 2 aromatic rings. The highest BCUT2D eigenvalue weighted by molar-refractivity contribution is 5.99. The van der Waals surface area contributed by atoms with Crippen LogP contribution in [0.5, 0.6) is 5.75 Å². The van der Waals surface area contributed by atoms with Crippen molar-refractivity contribution < 1.29 is 28.8 Å². The molecule has 0 aliphatic carbocycles. The number of carbonyl (C=O) groups is 3. The van der Waals surface area contributed by atoms with E-state index in [1.165, 1.54) is 24.3 Å². The number of hydrogen-bond donors (Lipinski definition) is 2. The van der Waals surface area contributed by atoms with Gasteiger partial charge < -0.3 is 14.8 Å². The smallest absolute Gasteiger partial charge is 0.308 e. The standard InChI is InChI=1S/C20H19N3O7/c24-17(12-29-15-4-2-1-3-5-15)22-20-19(26)16(21-20)10-18(25)30-11-13-6-8-14(9-7-13)23(27)28/h1-9,16,20-21H,10-12H2,(H,22,24). The lowest BCUT2D eigenvalue weighted by Gasteiger charge is -2.35. The van der Waals surface area contributed by atoms with Crippen molar-refractivity contribution in [2.24, 2.45) is 0 Å². The first-order valence-electron chi connectivity index (χ1n) is 9.08. The van der Waals surface area contributed by atoms with Gasteiger partial charge in [0.25, 0.3) is 11.6 Å². The minimum Gasteiger partial charge on any atom is -0.484 e. The van der Waals surface area contributed by atoms with E-state index in [4.69, 9.17) is 9.47 Å². The van der Waals surface area contributed by atoms with Gasteiger partial charge in [0.1, 0.15) is 18.5 Å². The molecule has 2 N–H and O–H groups in total. The maximum Gasteiger partial charge on any atom is 0.308 e. The van der Waals surface area contributed by atoms with Crippen LogP contribution in [-0.2, 0) is 25.7 Å². The van der Waals surface area contributed by atoms with E-state index < -0.39 is 29.0 Å². The van der Waals surface area contributed by atoms with Crippen LogP contribution >= 0.6 is 0 Å². The van der Waals surface area contributed by atoms with Gasteiger partial charge in [0.05, 0.1) is 17.4 Å². The molecule has 3 rings (SSSR count). The van der Waals surface area contributed by atoms with Crippen molar-refractivity contribution >= 4 is 23.3 Å². The molecule has 156 valence electrons. The second kappa shape index (κ2) is 9.61. The molecule has 2 unspecified atom stereocenters. The molecule has 1 aliphatic heterocycles. The second-order valence-electron chi connectivity index (χ2n) is 6.51. The highest BCUT2D eigenvalue weighted by Crippen LogP contribution is 2.14. The Bertz CT molecular complexity index is 931. The zero-order valence-corrected chi connectivity index (χ0v) is 15.8. The summed E-state index contributed by atoms with van der Waals surface area (Å²) in [4.78, 5) is 45.9. The summed E-state index contributed by atoms with van der Waals surface area (Å²) in [6.07, 6.45) is -1.05. The number of non-ortho nitro benzene ring substituents is 1. The fourth-order valence-corrected chi connectivity index (χ4v) is 2.71. The molecule has 30 heavy (non-hydrogen) atoms. The van der Waals surface area contributed by atoms with E-state index in [1.807, 2.05) is 6.07 Å². The third kappa shape index (κ3) is 5.61. The van der Waals surface area contributed by atoms with Crippen LogP contribution in [0, 0.1) is 10.1 Å². The van der Waals surface area contributed by atoms with E-state index in [9.17, 15) is 24.5 Å². The predicted molar refractivity (Wildman–Crippen MR) is 103 cm³/mol. The largest absolute Gasteiger partial charge is 0.484 e. The number of hydrogen-bond acceptors (Lipinski definition) is 8. The molecule has 2 aromatic carbocycles. The van der Waals surface area contributed by atoms with E-state index in [2.05, 4.69) is 10.6 Å². The van der Waals surface area contributed by atoms with Gasteiger partial charge in [-0.1, -0.05) is 18.2 Å². The van der Waals surface area contributed by atoms with Crippen molar-refractivity contribution in [3.8, 4) is 5.75 Å². The Balaban J connectivity index is 1.35. The second-order valence-corrected chi connectivity index (χ2v) is 6.51. The summed E-state index contributed by atoms with van der Waals surface area (Å²) in [5.41, 5.74) is 0.530. The maximum absolute atomic E-state index is 12.1. The highest BCUT2D eigenvalue weighted by atomic mass is 16.6. The zero-order valence-electron chi connectivity index (χ0n) is 15.8. The van der Waals surface area contributed by atoms with Crippen LogP contribution in [0.25, 0.3) is 0 Å². The summed E-state index contributed by atoms with van der Waals surface area (Å²) in [5.74, 6) is -0.857. The zero-order chi connectivity index (χ0) is 21.5. The Morgan fingerprint density at radius 1 is 1.10 bits per heavy atom. The van der Waals surface area contributed by atoms with Gasteiger partial charge in [-0.25, -0.2) is 0 Å². The molecule has 0 spiro atoms. The minimum absolute atomic E-state index is 0.0587. The SMILES string of the molecule is O=C(COc1ccccc1)NC1NC(CC(=O)OCc2ccc([N+](=O)[O-])cc2)C1=O. The Morgan fingerprint density at radius 3 is 2.43 bits per heavy atom. The Kier molecular flexibility index (Phi) is 6.71. The Labute approximate surface area is 171 Å². The lowest BCUT2D eigenvalue weighted by Crippen LogP contribution is -2.70. The molecule has 1 heterocycles. The fourth-order valence-electron chi connectivity index (χ4n) is 2.71. The molecule has 2 atom stereocenters. The third-order valence-electron chi connectivity index (χ3n) is 4.33. The molecule has 0 bridgehead atoms. The number of rotatable bonds is 9. The number of esters is 1. The van der Waals surface area contributed by atoms with Crippen LogP contribution in [0.15, 0.2) is 54.6 Å². The van der Waals surface area contributed by atoms with Gasteiger partial charge in [0.15, 0.2) is 12.4 Å². The van der Waals surface area contributed by atoms with Gasteiger partial charge in [-0.05, 0) is 29.8 Å². The minimum atomic E-state index is -0.871. The quantitative estimate of drug-likeness (QED) is 0.354. The van der Waals surface area contributed by atoms with E-state index in [0.29, 0.717) is 11.3 Å². The summed E-state index contributed by atoms with van der Waals surface area (Å²) in [6, 6.07) is 13.6. The van der Waals surface area contributed by atoms with Crippen molar-refractivity contribution in [1.29, 1.82) is 0 Å². The average Bonchev–Trinajstić information content (AvgIpc) is 2.76. The van der Waals surface area contributed by atoms with Crippen LogP contribution in [0.1, 0.15) is 12.0 Å². The third-order valence-corrected chi connectivity index (χ3v) is 4.33. The number of nitro groups is 1. The summed E-state index contributed by atoms with van der Waals surface area (Å²) in [5, 5.41) is 15.9. The number of para-hydroxylation sites is 1. The summed E-state index contributed by atoms with van der Waals surface area (Å²) in [7, 11) is 0.